The molecule has 0 unspecified atom stereocenters. The van der Waals surface area contributed by atoms with Crippen LogP contribution in [-0.2, 0) is 38.5 Å². The third-order valence-corrected chi connectivity index (χ3v) is 5.92. The van der Waals surface area contributed by atoms with Crippen LogP contribution in [-0.4, -0.2) is 0 Å². The first kappa shape index (κ1) is 11.4. The van der Waals surface area contributed by atoms with Gasteiger partial charge in [0.05, 0.1) is 0 Å². The topological polar surface area (TPSA) is 0 Å². The minimum Gasteiger partial charge on any atom is -0.0581 e. The van der Waals surface area contributed by atoms with Gasteiger partial charge in [0, 0.05) is 0 Å². The lowest BCUT2D eigenvalue weighted by atomic mass is 9.73. The summed E-state index contributed by atoms with van der Waals surface area (Å²) in [6.07, 6.45) is 13.6. The van der Waals surface area contributed by atoms with Crippen LogP contribution in [0.3, 0.4) is 0 Å². The average Bonchev–Trinajstić information content (AvgIpc) is 2.53. The summed E-state index contributed by atoms with van der Waals surface area (Å²) in [6.45, 7) is 0. The monoisotopic (exact) mass is 262 g/mol. The first-order valence-electron chi connectivity index (χ1n) is 8.53. The van der Waals surface area contributed by atoms with Crippen molar-refractivity contribution in [2.24, 2.45) is 0 Å². The van der Waals surface area contributed by atoms with Crippen LogP contribution in [0.2, 0.25) is 0 Å². The summed E-state index contributed by atoms with van der Waals surface area (Å²) in [7, 11) is 0. The number of rotatable bonds is 0. The summed E-state index contributed by atoms with van der Waals surface area (Å²) in [5.41, 5.74) is 10.4. The van der Waals surface area contributed by atoms with Crippen LogP contribution in [0, 0.1) is 0 Å². The van der Waals surface area contributed by atoms with Gasteiger partial charge in [0.1, 0.15) is 0 Å². The first-order valence-corrected chi connectivity index (χ1v) is 8.53. The lowest BCUT2D eigenvalue weighted by molar-refractivity contribution is 0.659. The third-order valence-electron chi connectivity index (χ3n) is 5.92. The molecule has 3 aliphatic rings. The van der Waals surface area contributed by atoms with Gasteiger partial charge in [-0.1, -0.05) is 12.1 Å². The van der Waals surface area contributed by atoms with Crippen molar-refractivity contribution >= 4 is 10.8 Å². The highest BCUT2D eigenvalue weighted by atomic mass is 14.3. The molecule has 0 heteroatoms. The lowest BCUT2D eigenvalue weighted by Gasteiger charge is -2.32. The van der Waals surface area contributed by atoms with Crippen molar-refractivity contribution in [3.05, 3.63) is 45.5 Å². The van der Waals surface area contributed by atoms with E-state index in [0.717, 1.165) is 0 Å². The van der Waals surface area contributed by atoms with E-state index in [4.69, 9.17) is 0 Å². The molecule has 0 amide bonds. The molecule has 0 bridgehead atoms. The molecule has 0 nitrogen and oxygen atoms in total. The molecule has 5 rings (SSSR count). The summed E-state index contributed by atoms with van der Waals surface area (Å²) >= 11 is 0. The smallest absolute Gasteiger partial charge is 0.0111 e. The second-order valence-electron chi connectivity index (χ2n) is 6.96. The highest BCUT2D eigenvalue weighted by Crippen LogP contribution is 2.43. The Labute approximate surface area is 121 Å². The fourth-order valence-corrected chi connectivity index (χ4v) is 5.13. The van der Waals surface area contributed by atoms with Crippen LogP contribution in [0.25, 0.3) is 10.8 Å². The van der Waals surface area contributed by atoms with E-state index in [1.54, 1.807) is 44.2 Å². The van der Waals surface area contributed by atoms with Crippen LogP contribution in [0.5, 0.6) is 0 Å². The number of hydrogen-bond donors (Lipinski definition) is 0. The minimum atomic E-state index is 1.31. The Kier molecular flexibility index (Phi) is 2.33. The average molecular weight is 262 g/mol. The van der Waals surface area contributed by atoms with Gasteiger partial charge in [-0.15, -0.1) is 0 Å². The zero-order chi connectivity index (χ0) is 13.1. The van der Waals surface area contributed by atoms with Gasteiger partial charge >= 0.3 is 0 Å². The second kappa shape index (κ2) is 4.10. The standard InChI is InChI=1S/C20H22/c1-2-8-16-15(7-1)17-9-3-5-13-11-12-14-6-4-10-18(16)20(14)19(13)17/h11-12H,1-10H2. The van der Waals surface area contributed by atoms with E-state index < -0.39 is 0 Å². The maximum Gasteiger partial charge on any atom is -0.0111 e. The fourth-order valence-electron chi connectivity index (χ4n) is 5.13. The molecule has 0 aromatic heterocycles. The molecule has 0 atom stereocenters. The highest BCUT2D eigenvalue weighted by Gasteiger charge is 2.27. The fraction of sp³-hybridized carbons (Fsp3) is 0.500. The maximum atomic E-state index is 2.45. The Balaban J connectivity index is 2.00. The van der Waals surface area contributed by atoms with Crippen molar-refractivity contribution in [2.75, 3.05) is 0 Å². The van der Waals surface area contributed by atoms with E-state index in [9.17, 15) is 0 Å². The van der Waals surface area contributed by atoms with E-state index in [1.807, 2.05) is 0 Å². The molecule has 0 aliphatic heterocycles. The van der Waals surface area contributed by atoms with Crippen LogP contribution in [0.15, 0.2) is 12.1 Å². The molecule has 3 aliphatic carbocycles. The van der Waals surface area contributed by atoms with Crippen molar-refractivity contribution in [2.45, 2.75) is 64.2 Å². The summed E-state index contributed by atoms with van der Waals surface area (Å²) in [5, 5.41) is 3.42. The molecule has 0 spiro atoms. The highest BCUT2D eigenvalue weighted by molar-refractivity contribution is 5.97. The summed E-state index contributed by atoms with van der Waals surface area (Å²) in [6, 6.07) is 4.90. The quantitative estimate of drug-likeness (QED) is 0.646. The minimum absolute atomic E-state index is 1.31. The van der Waals surface area contributed by atoms with Crippen molar-refractivity contribution in [1.29, 1.82) is 0 Å². The Bertz CT molecular complexity index is 658. The molecule has 0 saturated carbocycles. The van der Waals surface area contributed by atoms with Crippen LogP contribution >= 0.6 is 0 Å². The molecule has 2 aromatic rings. The molecule has 0 radical (unpaired) electrons. The Morgan fingerprint density at radius 2 is 0.900 bits per heavy atom. The van der Waals surface area contributed by atoms with Gasteiger partial charge < -0.3 is 0 Å². The first-order chi connectivity index (χ1) is 9.93. The van der Waals surface area contributed by atoms with Gasteiger partial charge in [0.15, 0.2) is 0 Å². The molecule has 20 heavy (non-hydrogen) atoms. The Morgan fingerprint density at radius 1 is 0.450 bits per heavy atom. The molecule has 0 heterocycles. The van der Waals surface area contributed by atoms with Crippen molar-refractivity contribution in [1.82, 2.24) is 0 Å². The molecule has 2 aromatic carbocycles. The predicted molar refractivity (Wildman–Crippen MR) is 84.6 cm³/mol. The van der Waals surface area contributed by atoms with E-state index in [-0.39, 0.29) is 0 Å². The molecule has 0 saturated heterocycles. The van der Waals surface area contributed by atoms with Gasteiger partial charge in [0.2, 0.25) is 0 Å². The third kappa shape index (κ3) is 1.38. The zero-order valence-electron chi connectivity index (χ0n) is 12.2. The zero-order valence-corrected chi connectivity index (χ0v) is 12.2. The number of aryl methyl sites for hydroxylation is 4. The van der Waals surface area contributed by atoms with Crippen LogP contribution in [0.1, 0.15) is 59.1 Å². The number of hydrogen-bond acceptors (Lipinski definition) is 0. The van der Waals surface area contributed by atoms with Gasteiger partial charge in [-0.2, -0.15) is 0 Å². The van der Waals surface area contributed by atoms with Crippen molar-refractivity contribution in [3.63, 3.8) is 0 Å². The molecule has 0 fully saturated rings. The predicted octanol–water partition coefficient (Wildman–Crippen LogP) is 4.70. The summed E-state index contributed by atoms with van der Waals surface area (Å²) < 4.78 is 0. The van der Waals surface area contributed by atoms with Crippen LogP contribution < -0.4 is 0 Å². The Morgan fingerprint density at radius 3 is 1.40 bits per heavy atom. The van der Waals surface area contributed by atoms with E-state index in [1.165, 1.54) is 64.2 Å². The van der Waals surface area contributed by atoms with Gasteiger partial charge in [-0.25, -0.2) is 0 Å². The number of fused-ring (bicyclic) bond motifs is 3. The van der Waals surface area contributed by atoms with Gasteiger partial charge in [-0.05, 0) is 108 Å². The molecule has 0 N–H and O–H groups in total. The SMILES string of the molecule is c1cc2c3c(c4c(c5c3c1CCC5)CCCC4)CCC2. The largest absolute Gasteiger partial charge is 0.0581 e. The summed E-state index contributed by atoms with van der Waals surface area (Å²) in [4.78, 5) is 0. The second-order valence-corrected chi connectivity index (χ2v) is 6.96. The number of benzene rings is 2. The van der Waals surface area contributed by atoms with E-state index in [0.29, 0.717) is 0 Å². The van der Waals surface area contributed by atoms with Crippen molar-refractivity contribution < 1.29 is 0 Å². The van der Waals surface area contributed by atoms with Gasteiger partial charge in [0.25, 0.3) is 0 Å². The summed E-state index contributed by atoms with van der Waals surface area (Å²) in [5.74, 6) is 0. The van der Waals surface area contributed by atoms with Crippen LogP contribution in [0.4, 0.5) is 0 Å². The maximum absolute atomic E-state index is 2.45. The van der Waals surface area contributed by atoms with E-state index >= 15 is 0 Å². The normalized spacial score (nSPS) is 20.0. The van der Waals surface area contributed by atoms with Crippen molar-refractivity contribution in [3.8, 4) is 0 Å². The lowest BCUT2D eigenvalue weighted by Crippen LogP contribution is -2.17. The van der Waals surface area contributed by atoms with Gasteiger partial charge in [-0.3, -0.25) is 0 Å². The molecular weight excluding hydrogens is 240 g/mol. The Hall–Kier alpha value is -1.30. The molecule has 102 valence electrons. The molecular formula is C20H22. The van der Waals surface area contributed by atoms with E-state index in [2.05, 4.69) is 12.1 Å².